The molecule has 17 heavy (non-hydrogen) atoms. The van der Waals surface area contributed by atoms with Crippen LogP contribution in [0.15, 0.2) is 27.2 Å². The van der Waals surface area contributed by atoms with Crippen molar-refractivity contribution in [2.75, 3.05) is 5.32 Å². The average molecular weight is 293 g/mol. The fourth-order valence-electron chi connectivity index (χ4n) is 1.32. The summed E-state index contributed by atoms with van der Waals surface area (Å²) in [7, 11) is 0. The zero-order valence-electron chi connectivity index (χ0n) is 9.07. The fourth-order valence-corrected chi connectivity index (χ4v) is 1.83. The van der Waals surface area contributed by atoms with Gasteiger partial charge >= 0.3 is 0 Å². The quantitative estimate of drug-likeness (QED) is 0.941. The molecule has 86 valence electrons. The monoisotopic (exact) mass is 292 g/mol. The topological polar surface area (TPSA) is 74.7 Å². The van der Waals surface area contributed by atoms with Gasteiger partial charge in [-0.15, -0.1) is 0 Å². The summed E-state index contributed by atoms with van der Waals surface area (Å²) in [6.07, 6.45) is 0. The van der Waals surface area contributed by atoms with Gasteiger partial charge in [-0.2, -0.15) is 10.2 Å². The van der Waals surface area contributed by atoms with Gasteiger partial charge in [0.1, 0.15) is 0 Å². The Morgan fingerprint density at radius 1 is 1.53 bits per heavy atom. The molecule has 2 aromatic rings. The smallest absolute Gasteiger partial charge is 0.223 e. The third kappa shape index (κ3) is 2.82. The van der Waals surface area contributed by atoms with Crippen molar-refractivity contribution in [1.82, 2.24) is 10.1 Å². The third-order valence-electron chi connectivity index (χ3n) is 2.10. The second kappa shape index (κ2) is 4.97. The SMILES string of the molecule is Cc1nc(CNc2ccc(C#N)cc2Br)no1. The maximum absolute atomic E-state index is 8.74. The average Bonchev–Trinajstić information content (AvgIpc) is 2.73. The highest BCUT2D eigenvalue weighted by atomic mass is 79.9. The van der Waals surface area contributed by atoms with Gasteiger partial charge < -0.3 is 9.84 Å². The molecule has 6 heteroatoms. The van der Waals surface area contributed by atoms with E-state index < -0.39 is 0 Å². The molecule has 0 saturated heterocycles. The summed E-state index contributed by atoms with van der Waals surface area (Å²) >= 11 is 3.39. The minimum atomic E-state index is 0.474. The number of benzene rings is 1. The predicted molar refractivity (Wildman–Crippen MR) is 65.2 cm³/mol. The van der Waals surface area contributed by atoms with Crippen LogP contribution < -0.4 is 5.32 Å². The first-order valence-electron chi connectivity index (χ1n) is 4.92. The van der Waals surface area contributed by atoms with Crippen molar-refractivity contribution in [3.8, 4) is 6.07 Å². The highest BCUT2D eigenvalue weighted by Crippen LogP contribution is 2.23. The molecule has 1 N–H and O–H groups in total. The summed E-state index contributed by atoms with van der Waals surface area (Å²) in [5.74, 6) is 1.14. The summed E-state index contributed by atoms with van der Waals surface area (Å²) in [5, 5.41) is 15.7. The second-order valence-electron chi connectivity index (χ2n) is 3.39. The lowest BCUT2D eigenvalue weighted by Crippen LogP contribution is -2.01. The minimum Gasteiger partial charge on any atom is -0.377 e. The zero-order valence-corrected chi connectivity index (χ0v) is 10.7. The van der Waals surface area contributed by atoms with E-state index in [1.54, 1.807) is 19.1 Å². The van der Waals surface area contributed by atoms with Crippen molar-refractivity contribution in [2.45, 2.75) is 13.5 Å². The van der Waals surface area contributed by atoms with E-state index in [2.05, 4.69) is 37.5 Å². The van der Waals surface area contributed by atoms with E-state index in [0.29, 0.717) is 23.8 Å². The molecule has 1 aromatic carbocycles. The van der Waals surface area contributed by atoms with Gasteiger partial charge in [-0.3, -0.25) is 0 Å². The predicted octanol–water partition coefficient (Wildman–Crippen LogP) is 2.62. The molecule has 0 bridgehead atoms. The highest BCUT2D eigenvalue weighted by Gasteiger charge is 2.04. The zero-order chi connectivity index (χ0) is 12.3. The molecule has 0 amide bonds. The van der Waals surface area contributed by atoms with Crippen LogP contribution in [0.25, 0.3) is 0 Å². The lowest BCUT2D eigenvalue weighted by Gasteiger charge is -2.06. The van der Waals surface area contributed by atoms with Gasteiger partial charge in [-0.05, 0) is 34.1 Å². The number of nitrogens with one attached hydrogen (secondary N) is 1. The maximum atomic E-state index is 8.74. The molecule has 1 heterocycles. The van der Waals surface area contributed by atoms with E-state index >= 15 is 0 Å². The molecule has 0 radical (unpaired) electrons. The Kier molecular flexibility index (Phi) is 3.40. The molecule has 5 nitrogen and oxygen atoms in total. The van der Waals surface area contributed by atoms with Crippen LogP contribution in [-0.2, 0) is 6.54 Å². The van der Waals surface area contributed by atoms with E-state index in [1.165, 1.54) is 0 Å². The number of hydrogen-bond donors (Lipinski definition) is 1. The molecular weight excluding hydrogens is 284 g/mol. The van der Waals surface area contributed by atoms with Crippen molar-refractivity contribution in [1.29, 1.82) is 5.26 Å². The highest BCUT2D eigenvalue weighted by molar-refractivity contribution is 9.10. The van der Waals surface area contributed by atoms with E-state index in [9.17, 15) is 0 Å². The number of nitriles is 1. The Morgan fingerprint density at radius 3 is 2.94 bits per heavy atom. The number of hydrogen-bond acceptors (Lipinski definition) is 5. The van der Waals surface area contributed by atoms with Crippen LogP contribution in [0.3, 0.4) is 0 Å². The largest absolute Gasteiger partial charge is 0.377 e. The summed E-state index contributed by atoms with van der Waals surface area (Å²) in [5.41, 5.74) is 1.49. The van der Waals surface area contributed by atoms with E-state index in [4.69, 9.17) is 9.78 Å². The first-order chi connectivity index (χ1) is 8.19. The van der Waals surface area contributed by atoms with Gasteiger partial charge in [0.25, 0.3) is 0 Å². The molecule has 0 spiro atoms. The van der Waals surface area contributed by atoms with Crippen LogP contribution in [0.2, 0.25) is 0 Å². The second-order valence-corrected chi connectivity index (χ2v) is 4.24. The van der Waals surface area contributed by atoms with E-state index in [-0.39, 0.29) is 0 Å². The summed E-state index contributed by atoms with van der Waals surface area (Å²) in [4.78, 5) is 4.08. The van der Waals surface area contributed by atoms with Crippen molar-refractivity contribution < 1.29 is 4.52 Å². The standard InChI is InChI=1S/C11H9BrN4O/c1-7-15-11(16-17-7)6-14-10-3-2-8(5-13)4-9(10)12/h2-4,14H,6H2,1H3. The Bertz CT molecular complexity index is 573. The molecule has 0 atom stereocenters. The van der Waals surface area contributed by atoms with E-state index in [0.717, 1.165) is 10.2 Å². The third-order valence-corrected chi connectivity index (χ3v) is 2.76. The Morgan fingerprint density at radius 2 is 2.35 bits per heavy atom. The van der Waals surface area contributed by atoms with Crippen LogP contribution in [0, 0.1) is 18.3 Å². The van der Waals surface area contributed by atoms with Gasteiger partial charge in [-0.25, -0.2) is 0 Å². The van der Waals surface area contributed by atoms with Crippen LogP contribution in [0.5, 0.6) is 0 Å². The first-order valence-corrected chi connectivity index (χ1v) is 5.71. The number of aromatic nitrogens is 2. The molecular formula is C11H9BrN4O. The summed E-state index contributed by atoms with van der Waals surface area (Å²) < 4.78 is 5.69. The van der Waals surface area contributed by atoms with Gasteiger partial charge in [-0.1, -0.05) is 5.16 Å². The van der Waals surface area contributed by atoms with Crippen LogP contribution in [-0.4, -0.2) is 10.1 Å². The van der Waals surface area contributed by atoms with Crippen LogP contribution in [0.1, 0.15) is 17.3 Å². The number of aryl methyl sites for hydroxylation is 1. The molecule has 1 aromatic heterocycles. The van der Waals surface area contributed by atoms with Crippen molar-refractivity contribution >= 4 is 21.6 Å². The fraction of sp³-hybridized carbons (Fsp3) is 0.182. The molecule has 0 fully saturated rings. The van der Waals surface area contributed by atoms with Crippen LogP contribution >= 0.6 is 15.9 Å². The molecule has 0 aliphatic rings. The van der Waals surface area contributed by atoms with Gasteiger partial charge in [0.05, 0.1) is 18.2 Å². The number of rotatable bonds is 3. The van der Waals surface area contributed by atoms with Crippen LogP contribution in [0.4, 0.5) is 5.69 Å². The van der Waals surface area contributed by atoms with Crippen molar-refractivity contribution in [3.05, 3.63) is 40.0 Å². The maximum Gasteiger partial charge on any atom is 0.223 e. The Balaban J connectivity index is 2.07. The van der Waals surface area contributed by atoms with Crippen molar-refractivity contribution in [2.24, 2.45) is 0 Å². The minimum absolute atomic E-state index is 0.474. The molecule has 0 aliphatic carbocycles. The van der Waals surface area contributed by atoms with Gasteiger partial charge in [0.15, 0.2) is 5.82 Å². The molecule has 0 unspecified atom stereocenters. The molecule has 0 aliphatic heterocycles. The Hall–Kier alpha value is -1.87. The normalized spacial score (nSPS) is 9.94. The van der Waals surface area contributed by atoms with Gasteiger partial charge in [0.2, 0.25) is 5.89 Å². The van der Waals surface area contributed by atoms with Gasteiger partial charge in [0, 0.05) is 17.1 Å². The lowest BCUT2D eigenvalue weighted by atomic mass is 10.2. The van der Waals surface area contributed by atoms with Crippen molar-refractivity contribution in [3.63, 3.8) is 0 Å². The summed E-state index contributed by atoms with van der Waals surface area (Å²) in [6, 6.07) is 7.40. The number of halogens is 1. The van der Waals surface area contributed by atoms with E-state index in [1.807, 2.05) is 6.07 Å². The lowest BCUT2D eigenvalue weighted by molar-refractivity contribution is 0.388. The summed E-state index contributed by atoms with van der Waals surface area (Å²) in [6.45, 7) is 2.22. The molecule has 0 saturated carbocycles. The molecule has 2 rings (SSSR count). The number of anilines is 1. The Labute approximate surface area is 107 Å². The number of nitrogens with zero attached hydrogens (tertiary/aromatic N) is 3. The first kappa shape index (κ1) is 11.6.